The standard InChI is InChI=1S/C27H38N2O4/c1-19-3-2-4-20(13-19)15-23(30)5-6-24-25-16-21(14-22(25)17-26(24)31)18-28-8-7-27(32)29-9-11-33-12-10-29/h2-6,13-14,22-26,28,30-31H,7-12,15-18H2,1H3/t22-,23+,24+,25-,26+/m0/s1. The molecule has 0 aromatic heterocycles. The molecule has 3 N–H and O–H groups in total. The van der Waals surface area contributed by atoms with E-state index in [1.807, 2.05) is 29.2 Å². The second kappa shape index (κ2) is 11.4. The molecule has 1 amide bonds. The zero-order valence-electron chi connectivity index (χ0n) is 19.7. The minimum atomic E-state index is -0.544. The van der Waals surface area contributed by atoms with Crippen molar-refractivity contribution in [3.8, 4) is 0 Å². The van der Waals surface area contributed by atoms with Crippen LogP contribution in [0.3, 0.4) is 0 Å². The molecule has 2 fully saturated rings. The molecule has 0 spiro atoms. The lowest BCUT2D eigenvalue weighted by Gasteiger charge is -2.26. The van der Waals surface area contributed by atoms with Crippen LogP contribution >= 0.6 is 0 Å². The van der Waals surface area contributed by atoms with Crippen molar-refractivity contribution in [2.45, 2.75) is 44.8 Å². The van der Waals surface area contributed by atoms with Crippen molar-refractivity contribution in [2.75, 3.05) is 39.4 Å². The number of benzene rings is 1. The Labute approximate surface area is 197 Å². The first-order valence-corrected chi connectivity index (χ1v) is 12.4. The van der Waals surface area contributed by atoms with E-state index in [1.54, 1.807) is 0 Å². The summed E-state index contributed by atoms with van der Waals surface area (Å²) in [5.41, 5.74) is 3.69. The van der Waals surface area contributed by atoms with Crippen molar-refractivity contribution in [3.63, 3.8) is 0 Å². The molecule has 3 aliphatic rings. The Kier molecular flexibility index (Phi) is 8.36. The lowest BCUT2D eigenvalue weighted by atomic mass is 9.89. The predicted molar refractivity (Wildman–Crippen MR) is 129 cm³/mol. The van der Waals surface area contributed by atoms with Crippen LogP contribution in [0, 0.1) is 24.7 Å². The lowest BCUT2D eigenvalue weighted by Crippen LogP contribution is -2.41. The molecule has 1 saturated carbocycles. The van der Waals surface area contributed by atoms with Crippen molar-refractivity contribution >= 4 is 5.91 Å². The van der Waals surface area contributed by atoms with Crippen molar-refractivity contribution < 1.29 is 19.7 Å². The molecule has 6 heteroatoms. The van der Waals surface area contributed by atoms with E-state index >= 15 is 0 Å². The van der Waals surface area contributed by atoms with Gasteiger partial charge in [0.05, 0.1) is 25.4 Å². The number of aliphatic hydroxyl groups excluding tert-OH is 2. The highest BCUT2D eigenvalue weighted by Gasteiger charge is 2.43. The van der Waals surface area contributed by atoms with E-state index in [1.165, 1.54) is 11.1 Å². The molecule has 1 heterocycles. The fraction of sp³-hybridized carbons (Fsp3) is 0.593. The molecule has 6 nitrogen and oxygen atoms in total. The number of nitrogens with zero attached hydrogens (tertiary/aromatic N) is 1. The first-order chi connectivity index (χ1) is 16.0. The van der Waals surface area contributed by atoms with Crippen LogP contribution in [0.25, 0.3) is 0 Å². The predicted octanol–water partition coefficient (Wildman–Crippen LogP) is 2.24. The van der Waals surface area contributed by atoms with Gasteiger partial charge in [-0.2, -0.15) is 0 Å². The largest absolute Gasteiger partial charge is 0.392 e. The van der Waals surface area contributed by atoms with Gasteiger partial charge in [-0.05, 0) is 37.2 Å². The van der Waals surface area contributed by atoms with E-state index in [0.717, 1.165) is 24.9 Å². The monoisotopic (exact) mass is 454 g/mol. The summed E-state index contributed by atoms with van der Waals surface area (Å²) < 4.78 is 5.30. The normalized spacial score (nSPS) is 28.2. The summed E-state index contributed by atoms with van der Waals surface area (Å²) in [6, 6.07) is 8.22. The molecule has 33 heavy (non-hydrogen) atoms. The van der Waals surface area contributed by atoms with Crippen LogP contribution in [0.5, 0.6) is 0 Å². The molecule has 4 rings (SSSR count). The first kappa shape index (κ1) is 24.1. The van der Waals surface area contributed by atoms with Gasteiger partial charge in [-0.15, -0.1) is 0 Å². The van der Waals surface area contributed by atoms with Crippen LogP contribution in [0.2, 0.25) is 0 Å². The fourth-order valence-corrected chi connectivity index (χ4v) is 5.56. The zero-order valence-corrected chi connectivity index (χ0v) is 19.7. The highest BCUT2D eigenvalue weighted by Crippen LogP contribution is 2.47. The van der Waals surface area contributed by atoms with Crippen molar-refractivity contribution in [2.24, 2.45) is 17.8 Å². The van der Waals surface area contributed by atoms with Crippen LogP contribution in [0.15, 0.2) is 48.1 Å². The van der Waals surface area contributed by atoms with Gasteiger partial charge in [0.25, 0.3) is 0 Å². The lowest BCUT2D eigenvalue weighted by molar-refractivity contribution is -0.135. The number of fused-ring (bicyclic) bond motifs is 1. The maximum atomic E-state index is 12.3. The summed E-state index contributed by atoms with van der Waals surface area (Å²) in [5, 5.41) is 24.5. The Morgan fingerprint density at radius 3 is 2.94 bits per heavy atom. The number of carbonyl (C=O) groups excluding carboxylic acids is 1. The third-order valence-electron chi connectivity index (χ3n) is 7.26. The number of hydrogen-bond acceptors (Lipinski definition) is 5. The quantitative estimate of drug-likeness (QED) is 0.394. The van der Waals surface area contributed by atoms with Crippen molar-refractivity contribution in [3.05, 3.63) is 59.2 Å². The van der Waals surface area contributed by atoms with Gasteiger partial charge in [-0.1, -0.05) is 53.6 Å². The number of ether oxygens (including phenoxy) is 1. The smallest absolute Gasteiger partial charge is 0.224 e. The Bertz CT molecular complexity index is 861. The molecule has 1 saturated heterocycles. The number of amides is 1. The minimum absolute atomic E-state index is 0.0822. The summed E-state index contributed by atoms with van der Waals surface area (Å²) in [4.78, 5) is 14.1. The highest BCUT2D eigenvalue weighted by atomic mass is 16.5. The van der Waals surface area contributed by atoms with Crippen molar-refractivity contribution in [1.82, 2.24) is 10.2 Å². The number of hydrogen-bond donors (Lipinski definition) is 3. The Morgan fingerprint density at radius 1 is 1.33 bits per heavy atom. The van der Waals surface area contributed by atoms with Crippen LogP contribution in [-0.2, 0) is 16.0 Å². The molecule has 5 atom stereocenters. The molecule has 1 aromatic carbocycles. The van der Waals surface area contributed by atoms with Gasteiger partial charge in [0.2, 0.25) is 5.91 Å². The zero-order chi connectivity index (χ0) is 23.2. The first-order valence-electron chi connectivity index (χ1n) is 12.4. The summed E-state index contributed by atoms with van der Waals surface area (Å²) in [6.45, 7) is 6.21. The van der Waals surface area contributed by atoms with E-state index in [4.69, 9.17) is 4.74 Å². The average Bonchev–Trinajstić information content (AvgIpc) is 3.32. The van der Waals surface area contributed by atoms with E-state index in [0.29, 0.717) is 57.5 Å². The topological polar surface area (TPSA) is 82.0 Å². The Balaban J connectivity index is 1.21. The van der Waals surface area contributed by atoms with Crippen LogP contribution in [0.4, 0.5) is 0 Å². The van der Waals surface area contributed by atoms with E-state index in [2.05, 4.69) is 30.4 Å². The molecular weight excluding hydrogens is 416 g/mol. The summed E-state index contributed by atoms with van der Waals surface area (Å²) >= 11 is 0. The fourth-order valence-electron chi connectivity index (χ4n) is 5.56. The van der Waals surface area contributed by atoms with E-state index in [9.17, 15) is 15.0 Å². The van der Waals surface area contributed by atoms with Crippen LogP contribution < -0.4 is 5.32 Å². The maximum Gasteiger partial charge on any atom is 0.224 e. The minimum Gasteiger partial charge on any atom is -0.392 e. The molecular formula is C27H38N2O4. The molecule has 0 bridgehead atoms. The van der Waals surface area contributed by atoms with Gasteiger partial charge < -0.3 is 25.2 Å². The Morgan fingerprint density at radius 2 is 2.15 bits per heavy atom. The summed E-state index contributed by atoms with van der Waals surface area (Å²) in [6.07, 6.45) is 8.20. The number of rotatable bonds is 9. The number of aryl methyl sites for hydroxylation is 1. The van der Waals surface area contributed by atoms with Gasteiger partial charge in [0.1, 0.15) is 0 Å². The molecule has 1 aromatic rings. The number of carbonyl (C=O) groups is 1. The van der Waals surface area contributed by atoms with Gasteiger partial charge in [0.15, 0.2) is 0 Å². The van der Waals surface area contributed by atoms with E-state index < -0.39 is 6.10 Å². The molecule has 0 radical (unpaired) electrons. The Hall–Kier alpha value is -1.99. The molecule has 180 valence electrons. The third-order valence-corrected chi connectivity index (χ3v) is 7.26. The highest BCUT2D eigenvalue weighted by molar-refractivity contribution is 5.76. The van der Waals surface area contributed by atoms with Crippen LogP contribution in [0.1, 0.15) is 30.4 Å². The van der Waals surface area contributed by atoms with Gasteiger partial charge in [-0.25, -0.2) is 0 Å². The average molecular weight is 455 g/mol. The number of morpholine rings is 1. The summed E-state index contributed by atoms with van der Waals surface area (Å²) in [5.74, 6) is 1.07. The third kappa shape index (κ3) is 6.54. The van der Waals surface area contributed by atoms with Gasteiger partial charge in [0, 0.05) is 44.9 Å². The maximum absolute atomic E-state index is 12.3. The van der Waals surface area contributed by atoms with E-state index in [-0.39, 0.29) is 17.9 Å². The number of aliphatic hydroxyl groups is 2. The molecule has 0 unspecified atom stereocenters. The summed E-state index contributed by atoms with van der Waals surface area (Å²) in [7, 11) is 0. The van der Waals surface area contributed by atoms with Gasteiger partial charge >= 0.3 is 0 Å². The SMILES string of the molecule is Cc1cccc(C[C@H](O)C=C[C@@H]2[C@H]3CC(CNCCC(=O)N4CCOCC4)=C[C@H]3C[C@H]2O)c1. The van der Waals surface area contributed by atoms with Crippen molar-refractivity contribution in [1.29, 1.82) is 0 Å². The number of nitrogens with one attached hydrogen (secondary N) is 1. The van der Waals surface area contributed by atoms with Crippen LogP contribution in [-0.4, -0.2) is 72.6 Å². The molecule has 2 aliphatic carbocycles. The molecule has 1 aliphatic heterocycles. The second-order valence-electron chi connectivity index (χ2n) is 9.80. The second-order valence-corrected chi connectivity index (χ2v) is 9.80. The van der Waals surface area contributed by atoms with Gasteiger partial charge in [-0.3, -0.25) is 4.79 Å². The number of allylic oxidation sites excluding steroid dienone is 1.